The normalized spacial score (nSPS) is 19.0. The first-order valence-corrected chi connectivity index (χ1v) is 4.88. The topological polar surface area (TPSA) is 37.3 Å². The van der Waals surface area contributed by atoms with E-state index >= 15 is 0 Å². The highest BCUT2D eigenvalue weighted by atomic mass is 16.4. The number of carboxylic acid groups (broad SMARTS) is 1. The van der Waals surface area contributed by atoms with Gasteiger partial charge in [-0.3, -0.25) is 0 Å². The van der Waals surface area contributed by atoms with Crippen LogP contribution in [0, 0.1) is 5.41 Å². The van der Waals surface area contributed by atoms with Gasteiger partial charge in [0.15, 0.2) is 0 Å². The Morgan fingerprint density at radius 1 is 1.23 bits per heavy atom. The Hall–Kier alpha value is -0.790. The third-order valence-corrected chi connectivity index (χ3v) is 2.63. The van der Waals surface area contributed by atoms with Gasteiger partial charge in [0, 0.05) is 5.57 Å². The summed E-state index contributed by atoms with van der Waals surface area (Å²) in [7, 11) is 0. The predicted octanol–water partition coefficient (Wildman–Crippen LogP) is 2.99. The minimum absolute atomic E-state index is 0.0220. The molecule has 2 heteroatoms. The van der Waals surface area contributed by atoms with Gasteiger partial charge in [-0.15, -0.1) is 0 Å². The zero-order valence-electron chi connectivity index (χ0n) is 8.68. The zero-order valence-corrected chi connectivity index (χ0v) is 8.68. The SMILES string of the molecule is CC(C)(C)C1=C(C(=O)O)CCCC1. The van der Waals surface area contributed by atoms with Crippen LogP contribution in [0.25, 0.3) is 0 Å². The van der Waals surface area contributed by atoms with Gasteiger partial charge in [-0.25, -0.2) is 4.79 Å². The molecule has 0 aromatic heterocycles. The fraction of sp³-hybridized carbons (Fsp3) is 0.727. The molecule has 0 aromatic rings. The predicted molar refractivity (Wildman–Crippen MR) is 52.6 cm³/mol. The Bertz CT molecular complexity index is 243. The third kappa shape index (κ3) is 2.33. The number of aliphatic carboxylic acids is 1. The van der Waals surface area contributed by atoms with Gasteiger partial charge in [0.05, 0.1) is 0 Å². The van der Waals surface area contributed by atoms with Crippen molar-refractivity contribution in [1.29, 1.82) is 0 Å². The molecule has 1 rings (SSSR count). The second-order valence-corrected chi connectivity index (χ2v) is 4.72. The molecule has 0 spiro atoms. The molecule has 1 aliphatic carbocycles. The van der Waals surface area contributed by atoms with Crippen LogP contribution in [-0.2, 0) is 4.79 Å². The summed E-state index contributed by atoms with van der Waals surface area (Å²) in [4.78, 5) is 11.0. The van der Waals surface area contributed by atoms with Crippen LogP contribution < -0.4 is 0 Å². The maximum absolute atomic E-state index is 11.0. The van der Waals surface area contributed by atoms with Crippen molar-refractivity contribution >= 4 is 5.97 Å². The van der Waals surface area contributed by atoms with Crippen molar-refractivity contribution in [3.8, 4) is 0 Å². The molecule has 0 saturated heterocycles. The van der Waals surface area contributed by atoms with E-state index in [1.54, 1.807) is 0 Å². The lowest BCUT2D eigenvalue weighted by molar-refractivity contribution is -0.133. The highest BCUT2D eigenvalue weighted by Gasteiger charge is 2.26. The first-order valence-electron chi connectivity index (χ1n) is 4.88. The molecule has 2 nitrogen and oxygen atoms in total. The van der Waals surface area contributed by atoms with E-state index in [1.807, 2.05) is 0 Å². The first-order chi connectivity index (χ1) is 5.93. The van der Waals surface area contributed by atoms with Crippen molar-refractivity contribution in [1.82, 2.24) is 0 Å². The lowest BCUT2D eigenvalue weighted by atomic mass is 9.76. The highest BCUT2D eigenvalue weighted by molar-refractivity contribution is 5.88. The number of hydrogen-bond donors (Lipinski definition) is 1. The Morgan fingerprint density at radius 3 is 2.15 bits per heavy atom. The minimum Gasteiger partial charge on any atom is -0.478 e. The van der Waals surface area contributed by atoms with Crippen molar-refractivity contribution in [2.24, 2.45) is 5.41 Å². The molecule has 0 atom stereocenters. The van der Waals surface area contributed by atoms with Crippen LogP contribution in [-0.4, -0.2) is 11.1 Å². The zero-order chi connectivity index (χ0) is 10.1. The van der Waals surface area contributed by atoms with Gasteiger partial charge in [0.1, 0.15) is 0 Å². The molecule has 0 amide bonds. The van der Waals surface area contributed by atoms with Gasteiger partial charge in [0.2, 0.25) is 0 Å². The molecule has 0 aromatic carbocycles. The van der Waals surface area contributed by atoms with Crippen LogP contribution in [0.1, 0.15) is 46.5 Å². The van der Waals surface area contributed by atoms with E-state index in [-0.39, 0.29) is 5.41 Å². The summed E-state index contributed by atoms with van der Waals surface area (Å²) in [5.41, 5.74) is 1.83. The number of carboxylic acids is 1. The smallest absolute Gasteiger partial charge is 0.331 e. The average Bonchev–Trinajstić information content (AvgIpc) is 2.03. The molecule has 0 saturated carbocycles. The fourth-order valence-electron chi connectivity index (χ4n) is 1.97. The number of rotatable bonds is 1. The van der Waals surface area contributed by atoms with Crippen molar-refractivity contribution < 1.29 is 9.90 Å². The molecule has 74 valence electrons. The minimum atomic E-state index is -0.718. The second-order valence-electron chi connectivity index (χ2n) is 4.72. The largest absolute Gasteiger partial charge is 0.478 e. The first kappa shape index (κ1) is 10.3. The Morgan fingerprint density at radius 2 is 1.77 bits per heavy atom. The van der Waals surface area contributed by atoms with E-state index in [0.717, 1.165) is 31.3 Å². The lowest BCUT2D eigenvalue weighted by Crippen LogP contribution is -2.19. The monoisotopic (exact) mass is 182 g/mol. The third-order valence-electron chi connectivity index (χ3n) is 2.63. The van der Waals surface area contributed by atoms with Gasteiger partial charge >= 0.3 is 5.97 Å². The van der Waals surface area contributed by atoms with Crippen LogP contribution >= 0.6 is 0 Å². The fourth-order valence-corrected chi connectivity index (χ4v) is 1.97. The second kappa shape index (κ2) is 3.52. The lowest BCUT2D eigenvalue weighted by Gasteiger charge is -2.28. The molecular weight excluding hydrogens is 164 g/mol. The standard InChI is InChI=1S/C11H18O2/c1-11(2,3)9-7-5-4-6-8(9)10(12)13/h4-7H2,1-3H3,(H,12,13). The summed E-state index contributed by atoms with van der Waals surface area (Å²) in [5.74, 6) is -0.718. The Balaban J connectivity index is 3.04. The molecular formula is C11H18O2. The average molecular weight is 182 g/mol. The summed E-state index contributed by atoms with van der Waals surface area (Å²) in [6.45, 7) is 6.28. The maximum atomic E-state index is 11.0. The molecule has 0 bridgehead atoms. The molecule has 1 aliphatic rings. The maximum Gasteiger partial charge on any atom is 0.331 e. The Kier molecular flexibility index (Phi) is 2.79. The van der Waals surface area contributed by atoms with E-state index in [2.05, 4.69) is 20.8 Å². The van der Waals surface area contributed by atoms with Crippen molar-refractivity contribution in [2.45, 2.75) is 46.5 Å². The van der Waals surface area contributed by atoms with Crippen molar-refractivity contribution in [2.75, 3.05) is 0 Å². The number of hydrogen-bond acceptors (Lipinski definition) is 1. The van der Waals surface area contributed by atoms with E-state index in [4.69, 9.17) is 5.11 Å². The molecule has 0 heterocycles. The molecule has 0 fully saturated rings. The molecule has 1 N–H and O–H groups in total. The van der Waals surface area contributed by atoms with E-state index in [9.17, 15) is 4.79 Å². The summed E-state index contributed by atoms with van der Waals surface area (Å²) in [5, 5.41) is 9.01. The van der Waals surface area contributed by atoms with Crippen LogP contribution in [0.3, 0.4) is 0 Å². The van der Waals surface area contributed by atoms with E-state index in [1.165, 1.54) is 0 Å². The number of allylic oxidation sites excluding steroid dienone is 1. The van der Waals surface area contributed by atoms with Crippen LogP contribution in [0.5, 0.6) is 0 Å². The summed E-state index contributed by atoms with van der Waals surface area (Å²) < 4.78 is 0. The van der Waals surface area contributed by atoms with E-state index < -0.39 is 5.97 Å². The van der Waals surface area contributed by atoms with Gasteiger partial charge in [-0.1, -0.05) is 26.3 Å². The van der Waals surface area contributed by atoms with Crippen molar-refractivity contribution in [3.05, 3.63) is 11.1 Å². The van der Waals surface area contributed by atoms with Crippen LogP contribution in [0.15, 0.2) is 11.1 Å². The quantitative estimate of drug-likeness (QED) is 0.677. The number of carbonyl (C=O) groups is 1. The van der Waals surface area contributed by atoms with Gasteiger partial charge in [-0.2, -0.15) is 0 Å². The van der Waals surface area contributed by atoms with Crippen LogP contribution in [0.2, 0.25) is 0 Å². The van der Waals surface area contributed by atoms with Gasteiger partial charge < -0.3 is 5.11 Å². The summed E-state index contributed by atoms with van der Waals surface area (Å²) >= 11 is 0. The highest BCUT2D eigenvalue weighted by Crippen LogP contribution is 2.37. The molecule has 13 heavy (non-hydrogen) atoms. The van der Waals surface area contributed by atoms with Crippen LogP contribution in [0.4, 0.5) is 0 Å². The van der Waals surface area contributed by atoms with Gasteiger partial charge in [0.25, 0.3) is 0 Å². The van der Waals surface area contributed by atoms with Crippen molar-refractivity contribution in [3.63, 3.8) is 0 Å². The molecule has 0 radical (unpaired) electrons. The Labute approximate surface area is 79.6 Å². The summed E-state index contributed by atoms with van der Waals surface area (Å²) in [6, 6.07) is 0. The van der Waals surface area contributed by atoms with Gasteiger partial charge in [-0.05, 0) is 31.1 Å². The molecule has 0 aliphatic heterocycles. The molecule has 0 unspecified atom stereocenters. The summed E-state index contributed by atoms with van der Waals surface area (Å²) in [6.07, 6.45) is 3.89. The van der Waals surface area contributed by atoms with E-state index in [0.29, 0.717) is 5.57 Å².